The van der Waals surface area contributed by atoms with Crippen LogP contribution < -0.4 is 11.3 Å². The summed E-state index contributed by atoms with van der Waals surface area (Å²) in [6.45, 7) is 0. The van der Waals surface area contributed by atoms with Crippen LogP contribution in [0, 0.1) is 0 Å². The Balaban J connectivity index is 1.93. The van der Waals surface area contributed by atoms with Crippen LogP contribution in [0.25, 0.3) is 0 Å². The maximum atomic E-state index is 6.12. The number of hydrogen-bond acceptors (Lipinski definition) is 2. The van der Waals surface area contributed by atoms with Crippen molar-refractivity contribution in [1.82, 2.24) is 5.43 Å². The van der Waals surface area contributed by atoms with Crippen LogP contribution in [-0.4, -0.2) is 0 Å². The van der Waals surface area contributed by atoms with Gasteiger partial charge >= 0.3 is 0 Å². The SMILES string of the molecule is NNC(c1cccc(C2CCC2)c1)c1ccc(Cl)c(Cl)c1. The number of halogens is 2. The van der Waals surface area contributed by atoms with Gasteiger partial charge in [0, 0.05) is 0 Å². The first-order chi connectivity index (χ1) is 10.2. The summed E-state index contributed by atoms with van der Waals surface area (Å²) >= 11 is 12.1. The van der Waals surface area contributed by atoms with Crippen molar-refractivity contribution < 1.29 is 0 Å². The van der Waals surface area contributed by atoms with Gasteiger partial charge in [0.25, 0.3) is 0 Å². The van der Waals surface area contributed by atoms with E-state index in [2.05, 4.69) is 29.7 Å². The van der Waals surface area contributed by atoms with E-state index in [1.165, 1.54) is 24.8 Å². The van der Waals surface area contributed by atoms with Crippen LogP contribution in [0.5, 0.6) is 0 Å². The minimum Gasteiger partial charge on any atom is -0.271 e. The van der Waals surface area contributed by atoms with Crippen molar-refractivity contribution in [3.05, 3.63) is 69.2 Å². The van der Waals surface area contributed by atoms with Crippen molar-refractivity contribution >= 4 is 23.2 Å². The summed E-state index contributed by atoms with van der Waals surface area (Å²) in [6, 6.07) is 14.2. The minimum absolute atomic E-state index is 0.0835. The lowest BCUT2D eigenvalue weighted by Gasteiger charge is -2.27. The van der Waals surface area contributed by atoms with Gasteiger partial charge in [-0.25, -0.2) is 5.43 Å². The fourth-order valence-electron chi connectivity index (χ4n) is 2.81. The maximum absolute atomic E-state index is 6.12. The molecule has 4 heteroatoms. The molecule has 1 unspecified atom stereocenters. The summed E-state index contributed by atoms with van der Waals surface area (Å²) in [6.07, 6.45) is 3.91. The molecule has 21 heavy (non-hydrogen) atoms. The number of hydrogen-bond donors (Lipinski definition) is 2. The van der Waals surface area contributed by atoms with E-state index in [-0.39, 0.29) is 6.04 Å². The van der Waals surface area contributed by atoms with Gasteiger partial charge < -0.3 is 0 Å². The molecule has 0 aromatic heterocycles. The molecule has 1 aliphatic carbocycles. The molecule has 0 heterocycles. The largest absolute Gasteiger partial charge is 0.271 e. The third-order valence-corrected chi connectivity index (χ3v) is 5.00. The van der Waals surface area contributed by atoms with Gasteiger partial charge in [0.05, 0.1) is 16.1 Å². The van der Waals surface area contributed by atoms with Gasteiger partial charge in [0.2, 0.25) is 0 Å². The fourth-order valence-corrected chi connectivity index (χ4v) is 3.12. The van der Waals surface area contributed by atoms with Crippen molar-refractivity contribution in [1.29, 1.82) is 0 Å². The van der Waals surface area contributed by atoms with Crippen molar-refractivity contribution in [3.8, 4) is 0 Å². The average Bonchev–Trinajstić information content (AvgIpc) is 2.42. The van der Waals surface area contributed by atoms with Crippen molar-refractivity contribution in [3.63, 3.8) is 0 Å². The van der Waals surface area contributed by atoms with E-state index in [4.69, 9.17) is 29.0 Å². The lowest BCUT2D eigenvalue weighted by atomic mass is 9.79. The summed E-state index contributed by atoms with van der Waals surface area (Å²) in [5.41, 5.74) is 6.45. The molecule has 3 rings (SSSR count). The van der Waals surface area contributed by atoms with E-state index >= 15 is 0 Å². The highest BCUT2D eigenvalue weighted by atomic mass is 35.5. The van der Waals surface area contributed by atoms with Crippen molar-refractivity contribution in [2.75, 3.05) is 0 Å². The molecule has 110 valence electrons. The first-order valence-electron chi connectivity index (χ1n) is 7.20. The van der Waals surface area contributed by atoms with Crippen LogP contribution in [0.2, 0.25) is 10.0 Å². The Morgan fingerprint density at radius 2 is 1.76 bits per heavy atom. The van der Waals surface area contributed by atoms with Crippen LogP contribution >= 0.6 is 23.2 Å². The molecular weight excluding hydrogens is 303 g/mol. The number of rotatable bonds is 4. The standard InChI is InChI=1S/C17H18Cl2N2/c18-15-8-7-14(10-16(15)19)17(21-20)13-6-2-5-12(9-13)11-3-1-4-11/h2,5-11,17,21H,1,3-4,20H2. The fraction of sp³-hybridized carbons (Fsp3) is 0.294. The summed E-state index contributed by atoms with van der Waals surface area (Å²) in [4.78, 5) is 0. The Kier molecular flexibility index (Phi) is 4.51. The van der Waals surface area contributed by atoms with Crippen molar-refractivity contribution in [2.24, 2.45) is 5.84 Å². The smallest absolute Gasteiger partial charge is 0.0710 e. The predicted octanol–water partition coefficient (Wildman–Crippen LogP) is 4.81. The Bertz CT molecular complexity index is 638. The van der Waals surface area contributed by atoms with Crippen LogP contribution in [0.1, 0.15) is 47.9 Å². The Labute approximate surface area is 135 Å². The zero-order valence-corrected chi connectivity index (χ0v) is 13.2. The topological polar surface area (TPSA) is 38.0 Å². The van der Waals surface area contributed by atoms with Gasteiger partial charge in [-0.3, -0.25) is 5.84 Å². The number of nitrogens with one attached hydrogen (secondary N) is 1. The number of hydrazine groups is 1. The van der Waals surface area contributed by atoms with Gasteiger partial charge in [0.1, 0.15) is 0 Å². The zero-order chi connectivity index (χ0) is 14.8. The monoisotopic (exact) mass is 320 g/mol. The minimum atomic E-state index is -0.0835. The van der Waals surface area contributed by atoms with E-state index in [0.717, 1.165) is 11.1 Å². The van der Waals surface area contributed by atoms with Gasteiger partial charge in [-0.15, -0.1) is 0 Å². The molecular formula is C17H18Cl2N2. The second-order valence-electron chi connectivity index (χ2n) is 5.57. The molecule has 0 amide bonds. The molecule has 1 atom stereocenters. The summed E-state index contributed by atoms with van der Waals surface area (Å²) in [7, 11) is 0. The maximum Gasteiger partial charge on any atom is 0.0710 e. The van der Waals surface area contributed by atoms with Gasteiger partial charge in [-0.1, -0.05) is 60.0 Å². The Morgan fingerprint density at radius 3 is 2.38 bits per heavy atom. The van der Waals surface area contributed by atoms with Gasteiger partial charge in [-0.05, 0) is 47.6 Å². The summed E-state index contributed by atoms with van der Waals surface area (Å²) < 4.78 is 0. The molecule has 0 spiro atoms. The normalized spacial score (nSPS) is 16.5. The molecule has 2 nitrogen and oxygen atoms in total. The number of nitrogens with two attached hydrogens (primary N) is 1. The van der Waals surface area contributed by atoms with Crippen molar-refractivity contribution in [2.45, 2.75) is 31.2 Å². The van der Waals surface area contributed by atoms with E-state index in [0.29, 0.717) is 16.0 Å². The molecule has 1 fully saturated rings. The third kappa shape index (κ3) is 3.09. The van der Waals surface area contributed by atoms with Crippen LogP contribution in [0.15, 0.2) is 42.5 Å². The summed E-state index contributed by atoms with van der Waals surface area (Å²) in [5.74, 6) is 6.48. The summed E-state index contributed by atoms with van der Waals surface area (Å²) in [5, 5.41) is 1.10. The molecule has 0 bridgehead atoms. The average molecular weight is 321 g/mol. The lowest BCUT2D eigenvalue weighted by Crippen LogP contribution is -2.29. The molecule has 3 N–H and O–H groups in total. The molecule has 0 saturated heterocycles. The zero-order valence-electron chi connectivity index (χ0n) is 11.7. The third-order valence-electron chi connectivity index (χ3n) is 4.26. The highest BCUT2D eigenvalue weighted by Crippen LogP contribution is 2.37. The molecule has 0 radical (unpaired) electrons. The second-order valence-corrected chi connectivity index (χ2v) is 6.39. The molecule has 2 aromatic carbocycles. The predicted molar refractivity (Wildman–Crippen MR) is 88.7 cm³/mol. The highest BCUT2D eigenvalue weighted by Gasteiger charge is 2.21. The molecule has 1 saturated carbocycles. The van der Waals surface area contributed by atoms with Crippen LogP contribution in [0.3, 0.4) is 0 Å². The molecule has 2 aromatic rings. The molecule has 0 aliphatic heterocycles. The highest BCUT2D eigenvalue weighted by molar-refractivity contribution is 6.42. The second kappa shape index (κ2) is 6.37. The molecule has 1 aliphatic rings. The lowest BCUT2D eigenvalue weighted by molar-refractivity contribution is 0.419. The van der Waals surface area contributed by atoms with E-state index in [9.17, 15) is 0 Å². The van der Waals surface area contributed by atoms with Gasteiger partial charge in [-0.2, -0.15) is 0 Å². The Hall–Kier alpha value is -1.06. The van der Waals surface area contributed by atoms with E-state index in [1.54, 1.807) is 6.07 Å². The van der Waals surface area contributed by atoms with Crippen LogP contribution in [-0.2, 0) is 0 Å². The van der Waals surface area contributed by atoms with Crippen LogP contribution in [0.4, 0.5) is 0 Å². The van der Waals surface area contributed by atoms with Gasteiger partial charge in [0.15, 0.2) is 0 Å². The van der Waals surface area contributed by atoms with E-state index < -0.39 is 0 Å². The first kappa shape index (κ1) is 14.9. The Morgan fingerprint density at radius 1 is 1.00 bits per heavy atom. The van der Waals surface area contributed by atoms with E-state index in [1.807, 2.05) is 12.1 Å². The number of benzene rings is 2. The first-order valence-corrected chi connectivity index (χ1v) is 7.95. The quantitative estimate of drug-likeness (QED) is 0.626.